The Labute approximate surface area is 122 Å². The largest absolute Gasteiger partial charge is 0.375 e. The average Bonchev–Trinajstić information content (AvgIpc) is 1.63. The molecule has 0 bridgehead atoms. The quantitative estimate of drug-likeness (QED) is 0.781. The van der Waals surface area contributed by atoms with Crippen molar-refractivity contribution in [3.63, 3.8) is 0 Å². The Morgan fingerprint density at radius 2 is 1.09 bits per heavy atom. The molecule has 0 rings (SSSR count). The van der Waals surface area contributed by atoms with E-state index in [1.165, 1.54) is 11.8 Å². The Morgan fingerprint density at radius 1 is 0.818 bits per heavy atom. The van der Waals surface area contributed by atoms with Crippen LogP contribution in [0.15, 0.2) is 0 Å². The predicted octanol–water partition coefficient (Wildman–Crippen LogP) is 1.80. The topological polar surface area (TPSA) is 12.0 Å². The molecule has 0 aliphatic rings. The van der Waals surface area contributed by atoms with Crippen molar-refractivity contribution >= 4 is 0 Å². The molecule has 0 saturated heterocycles. The second-order valence-electron chi connectivity index (χ2n) is 3.02. The summed E-state index contributed by atoms with van der Waals surface area (Å²) in [5.74, 6) is 2.88. The molecule has 3 heteroatoms. The zero-order valence-electron chi connectivity index (χ0n) is 8.07. The Bertz CT molecular complexity index is 57.1. The summed E-state index contributed by atoms with van der Waals surface area (Å²) >= 11 is 0. The Morgan fingerprint density at radius 3 is 1.27 bits per heavy atom. The summed E-state index contributed by atoms with van der Waals surface area (Å²) in [6, 6.07) is 0. The second-order valence-corrected chi connectivity index (χ2v) is 3.02. The maximum atomic E-state index is 3.31. The molecule has 0 saturated carbocycles. The van der Waals surface area contributed by atoms with Gasteiger partial charge >= 0.3 is 0 Å². The van der Waals surface area contributed by atoms with E-state index in [2.05, 4.69) is 33.0 Å². The molecule has 0 amide bonds. The minimum absolute atomic E-state index is 0. The average molecular weight is 305 g/mol. The van der Waals surface area contributed by atoms with Crippen molar-refractivity contribution in [2.75, 3.05) is 13.1 Å². The fourth-order valence-corrected chi connectivity index (χ4v) is 0.562. The van der Waals surface area contributed by atoms with Crippen LogP contribution < -0.4 is 5.32 Å². The van der Waals surface area contributed by atoms with Gasteiger partial charge in [0.1, 0.15) is 0 Å². The van der Waals surface area contributed by atoms with Crippen LogP contribution in [0.3, 0.4) is 0 Å². The van der Waals surface area contributed by atoms with Gasteiger partial charge < -0.3 is 17.2 Å². The molecule has 0 aromatic carbocycles. The summed E-state index contributed by atoms with van der Waals surface area (Å²) in [6.45, 7) is 10.6. The van der Waals surface area contributed by atoms with E-state index in [1.807, 2.05) is 0 Å². The number of rotatable bonds is 4. The molecule has 0 heterocycles. The van der Waals surface area contributed by atoms with Gasteiger partial charge in [-0.3, -0.25) is 0 Å². The first-order valence-corrected chi connectivity index (χ1v) is 3.41. The van der Waals surface area contributed by atoms with Crippen molar-refractivity contribution in [3.8, 4) is 0 Å². The normalized spacial score (nSPS) is 9.27. The SMILES string of the molecule is C[C-](C)CNC[C-](C)C.[Y].[Y]. The molecule has 1 N–H and O–H groups in total. The van der Waals surface area contributed by atoms with Crippen LogP contribution >= 0.6 is 0 Å². The molecule has 62 valence electrons. The van der Waals surface area contributed by atoms with Gasteiger partial charge in [0.15, 0.2) is 0 Å². The van der Waals surface area contributed by atoms with Crippen molar-refractivity contribution in [2.24, 2.45) is 0 Å². The van der Waals surface area contributed by atoms with Crippen LogP contribution in [0.5, 0.6) is 0 Å². The van der Waals surface area contributed by atoms with Crippen LogP contribution in [-0.4, -0.2) is 13.1 Å². The standard InChI is InChI=1S/C8H17N.2Y/c1-7(2)5-9-6-8(3)4;;/h9H,5-6H2,1-4H3;;/q-2;;. The van der Waals surface area contributed by atoms with Crippen LogP contribution in [0, 0.1) is 11.8 Å². The third-order valence-corrected chi connectivity index (χ3v) is 0.957. The van der Waals surface area contributed by atoms with Gasteiger partial charge in [0.25, 0.3) is 0 Å². The zero-order chi connectivity index (χ0) is 7.28. The number of hydrogen-bond donors (Lipinski definition) is 1. The Balaban J connectivity index is -0.000000320. The molecule has 0 atom stereocenters. The molecule has 0 aromatic rings. The molecule has 0 fully saturated rings. The van der Waals surface area contributed by atoms with Gasteiger partial charge in [-0.05, 0) is 0 Å². The first-order chi connectivity index (χ1) is 4.13. The molecule has 0 aromatic heterocycles. The number of hydrogen-bond acceptors (Lipinski definition) is 1. The van der Waals surface area contributed by atoms with Crippen LogP contribution in [0.2, 0.25) is 0 Å². The van der Waals surface area contributed by atoms with E-state index < -0.39 is 0 Å². The smallest absolute Gasteiger partial charge is 0 e. The number of nitrogens with one attached hydrogen (secondary N) is 1. The predicted molar refractivity (Wildman–Crippen MR) is 42.1 cm³/mol. The van der Waals surface area contributed by atoms with Gasteiger partial charge in [0.05, 0.1) is 0 Å². The van der Waals surface area contributed by atoms with Gasteiger partial charge in [-0.15, -0.1) is 13.1 Å². The van der Waals surface area contributed by atoms with E-state index >= 15 is 0 Å². The molecule has 0 aliphatic heterocycles. The molecule has 0 unspecified atom stereocenters. The minimum Gasteiger partial charge on any atom is -0.375 e. The summed E-state index contributed by atoms with van der Waals surface area (Å²) in [4.78, 5) is 0. The van der Waals surface area contributed by atoms with Gasteiger partial charge in [-0.1, -0.05) is 0 Å². The third kappa shape index (κ3) is 18.9. The van der Waals surface area contributed by atoms with Crippen LogP contribution in [0.4, 0.5) is 0 Å². The molecular formula is C8H17NY2-2. The van der Waals surface area contributed by atoms with E-state index in [0.29, 0.717) is 0 Å². The maximum absolute atomic E-state index is 3.31. The van der Waals surface area contributed by atoms with Crippen LogP contribution in [-0.2, 0) is 65.4 Å². The van der Waals surface area contributed by atoms with E-state index in [9.17, 15) is 0 Å². The summed E-state index contributed by atoms with van der Waals surface area (Å²) in [6.07, 6.45) is 0. The van der Waals surface area contributed by atoms with Crippen LogP contribution in [0.25, 0.3) is 0 Å². The van der Waals surface area contributed by atoms with Crippen LogP contribution in [0.1, 0.15) is 27.7 Å². The third-order valence-electron chi connectivity index (χ3n) is 0.957. The monoisotopic (exact) mass is 305 g/mol. The molecule has 0 aliphatic carbocycles. The fourth-order valence-electron chi connectivity index (χ4n) is 0.562. The van der Waals surface area contributed by atoms with Crippen molar-refractivity contribution < 1.29 is 65.4 Å². The molecule has 2 radical (unpaired) electrons. The van der Waals surface area contributed by atoms with Crippen molar-refractivity contribution in [2.45, 2.75) is 27.7 Å². The minimum atomic E-state index is 0. The maximum Gasteiger partial charge on any atom is 0 e. The van der Waals surface area contributed by atoms with Crippen molar-refractivity contribution in [3.05, 3.63) is 11.8 Å². The van der Waals surface area contributed by atoms with Gasteiger partial charge in [0, 0.05) is 65.4 Å². The van der Waals surface area contributed by atoms with E-state index in [1.54, 1.807) is 0 Å². The van der Waals surface area contributed by atoms with E-state index in [4.69, 9.17) is 0 Å². The van der Waals surface area contributed by atoms with E-state index in [0.717, 1.165) is 13.1 Å². The summed E-state index contributed by atoms with van der Waals surface area (Å²) < 4.78 is 0. The fraction of sp³-hybridized carbons (Fsp3) is 0.750. The van der Waals surface area contributed by atoms with Gasteiger partial charge in [-0.2, -0.15) is 27.7 Å². The summed E-state index contributed by atoms with van der Waals surface area (Å²) in [5, 5.41) is 3.31. The van der Waals surface area contributed by atoms with Crippen molar-refractivity contribution in [1.29, 1.82) is 0 Å². The Kier molecular flexibility index (Phi) is 20.9. The van der Waals surface area contributed by atoms with Crippen molar-refractivity contribution in [1.82, 2.24) is 5.32 Å². The first kappa shape index (κ1) is 18.9. The van der Waals surface area contributed by atoms with Gasteiger partial charge in [-0.25, -0.2) is 0 Å². The van der Waals surface area contributed by atoms with Gasteiger partial charge in [0.2, 0.25) is 0 Å². The first-order valence-electron chi connectivity index (χ1n) is 3.41. The Hall–Kier alpha value is 2.17. The zero-order valence-corrected chi connectivity index (χ0v) is 13.7. The van der Waals surface area contributed by atoms with E-state index in [-0.39, 0.29) is 65.4 Å². The second kappa shape index (κ2) is 12.2. The molecule has 1 nitrogen and oxygen atoms in total. The summed E-state index contributed by atoms with van der Waals surface area (Å²) in [7, 11) is 0. The summed E-state index contributed by atoms with van der Waals surface area (Å²) in [5.41, 5.74) is 0. The molecule has 11 heavy (non-hydrogen) atoms. The molecular weight excluding hydrogens is 288 g/mol. The molecule has 0 spiro atoms.